The van der Waals surface area contributed by atoms with Crippen LogP contribution in [0, 0.1) is 11.3 Å². The fourth-order valence-corrected chi connectivity index (χ4v) is 4.01. The van der Waals surface area contributed by atoms with Crippen LogP contribution in [0.5, 0.6) is 0 Å². The number of hydrogen-bond acceptors (Lipinski definition) is 7. The molecule has 0 bridgehead atoms. The Morgan fingerprint density at radius 2 is 2.24 bits per heavy atom. The summed E-state index contributed by atoms with van der Waals surface area (Å²) in [5, 5.41) is 20.4. The lowest BCUT2D eigenvalue weighted by atomic mass is 10.2. The smallest absolute Gasteiger partial charge is 0.240 e. The van der Waals surface area contributed by atoms with Crippen molar-refractivity contribution in [2.45, 2.75) is 22.9 Å². The van der Waals surface area contributed by atoms with Gasteiger partial charge in [0.1, 0.15) is 0 Å². The van der Waals surface area contributed by atoms with Crippen LogP contribution in [0.2, 0.25) is 0 Å². The highest BCUT2D eigenvalue weighted by atomic mass is 32.2. The molecule has 0 radical (unpaired) electrons. The number of benzene rings is 1. The number of nitriles is 1. The van der Waals surface area contributed by atoms with Gasteiger partial charge in [-0.1, -0.05) is 47.4 Å². The molecule has 2 rings (SSSR count). The maximum Gasteiger partial charge on any atom is 0.240 e. The highest BCUT2D eigenvalue weighted by molar-refractivity contribution is 8.02. The first kappa shape index (κ1) is 19.0. The molecule has 2 aromatic rings. The van der Waals surface area contributed by atoms with Gasteiger partial charge in [-0.05, 0) is 19.1 Å². The summed E-state index contributed by atoms with van der Waals surface area (Å²) < 4.78 is 0.723. The zero-order valence-electron chi connectivity index (χ0n) is 13.9. The van der Waals surface area contributed by atoms with E-state index in [0.29, 0.717) is 18.2 Å². The first-order chi connectivity index (χ1) is 12.2. The highest BCUT2D eigenvalue weighted by Gasteiger charge is 2.24. The molecule has 1 heterocycles. The number of nitrogens with one attached hydrogen (secondary N) is 1. The van der Waals surface area contributed by atoms with Crippen molar-refractivity contribution < 1.29 is 4.79 Å². The summed E-state index contributed by atoms with van der Waals surface area (Å²) >= 11 is 2.77. The van der Waals surface area contributed by atoms with E-state index in [1.165, 1.54) is 23.1 Å². The van der Waals surface area contributed by atoms with Gasteiger partial charge in [-0.15, -0.1) is 16.8 Å². The lowest BCUT2D eigenvalue weighted by molar-refractivity contribution is -0.117. The molecule has 0 spiro atoms. The Bertz CT molecular complexity index is 741. The van der Waals surface area contributed by atoms with Crippen LogP contribution < -0.4 is 10.2 Å². The predicted octanol–water partition coefficient (Wildman–Crippen LogP) is 3.56. The van der Waals surface area contributed by atoms with Crippen molar-refractivity contribution in [2.75, 3.05) is 23.3 Å². The van der Waals surface area contributed by atoms with Crippen LogP contribution in [0.25, 0.3) is 0 Å². The minimum atomic E-state index is -0.334. The fraction of sp³-hybridized carbons (Fsp3) is 0.294. The van der Waals surface area contributed by atoms with Crippen molar-refractivity contribution >= 4 is 39.8 Å². The normalized spacial score (nSPS) is 11.4. The number of hydrogen-bond donors (Lipinski definition) is 1. The van der Waals surface area contributed by atoms with E-state index in [0.717, 1.165) is 10.0 Å². The SMILES string of the molecule is C=CCNc1nnc(SC(C)C(=O)N(CCC#N)c2ccccc2)s1. The Kier molecular flexibility index (Phi) is 7.44. The third-order valence-electron chi connectivity index (χ3n) is 3.21. The van der Waals surface area contributed by atoms with Gasteiger partial charge in [-0.3, -0.25) is 4.79 Å². The number of carbonyl (C=O) groups excluding carboxylic acids is 1. The largest absolute Gasteiger partial charge is 0.357 e. The highest BCUT2D eigenvalue weighted by Crippen LogP contribution is 2.30. The molecule has 0 fully saturated rings. The predicted molar refractivity (Wildman–Crippen MR) is 103 cm³/mol. The molecule has 6 nitrogen and oxygen atoms in total. The van der Waals surface area contributed by atoms with Gasteiger partial charge in [-0.25, -0.2) is 0 Å². The zero-order valence-corrected chi connectivity index (χ0v) is 15.5. The molecule has 1 amide bonds. The lowest BCUT2D eigenvalue weighted by Gasteiger charge is -2.24. The lowest BCUT2D eigenvalue weighted by Crippen LogP contribution is -2.37. The van der Waals surface area contributed by atoms with Crippen molar-refractivity contribution in [3.63, 3.8) is 0 Å². The van der Waals surface area contributed by atoms with E-state index in [4.69, 9.17) is 5.26 Å². The molecule has 0 aliphatic carbocycles. The van der Waals surface area contributed by atoms with E-state index in [1.807, 2.05) is 37.3 Å². The van der Waals surface area contributed by atoms with E-state index in [1.54, 1.807) is 11.0 Å². The molecular formula is C17H19N5OS2. The number of nitrogens with zero attached hydrogens (tertiary/aromatic N) is 4. The van der Waals surface area contributed by atoms with Crippen LogP contribution >= 0.6 is 23.1 Å². The number of thioether (sulfide) groups is 1. The van der Waals surface area contributed by atoms with Crippen LogP contribution in [0.3, 0.4) is 0 Å². The standard InChI is InChI=1S/C17H19N5OS2/c1-3-11-19-16-20-21-17(25-16)24-13(2)15(23)22(12-7-10-18)14-8-5-4-6-9-14/h3-6,8-9,13H,1,7,11-12H2,2H3,(H,19,20). The van der Waals surface area contributed by atoms with Crippen LogP contribution in [-0.2, 0) is 4.79 Å². The summed E-state index contributed by atoms with van der Waals surface area (Å²) in [5.41, 5.74) is 0.792. The van der Waals surface area contributed by atoms with Crippen molar-refractivity contribution in [3.05, 3.63) is 43.0 Å². The molecule has 0 aliphatic rings. The van der Waals surface area contributed by atoms with Crippen LogP contribution in [-0.4, -0.2) is 34.4 Å². The average Bonchev–Trinajstić information content (AvgIpc) is 3.08. The van der Waals surface area contributed by atoms with Gasteiger partial charge in [0.05, 0.1) is 17.7 Å². The van der Waals surface area contributed by atoms with Gasteiger partial charge in [0.15, 0.2) is 4.34 Å². The second-order valence-electron chi connectivity index (χ2n) is 5.04. The number of amides is 1. The van der Waals surface area contributed by atoms with Gasteiger partial charge in [0, 0.05) is 18.8 Å². The number of carbonyl (C=O) groups is 1. The molecule has 1 N–H and O–H groups in total. The Balaban J connectivity index is 2.06. The third-order valence-corrected chi connectivity index (χ3v) is 5.26. The summed E-state index contributed by atoms with van der Waals surface area (Å²) in [6, 6.07) is 11.5. The van der Waals surface area contributed by atoms with Gasteiger partial charge < -0.3 is 10.2 Å². The minimum Gasteiger partial charge on any atom is -0.357 e. The van der Waals surface area contributed by atoms with E-state index in [9.17, 15) is 4.79 Å². The van der Waals surface area contributed by atoms with Crippen LogP contribution in [0.1, 0.15) is 13.3 Å². The van der Waals surface area contributed by atoms with E-state index in [2.05, 4.69) is 28.2 Å². The number of anilines is 2. The molecule has 8 heteroatoms. The Morgan fingerprint density at radius 1 is 1.48 bits per heavy atom. The third kappa shape index (κ3) is 5.59. The van der Waals surface area contributed by atoms with Crippen LogP contribution in [0.15, 0.2) is 47.3 Å². The van der Waals surface area contributed by atoms with Gasteiger partial charge in [0.2, 0.25) is 11.0 Å². The number of aromatic nitrogens is 2. The van der Waals surface area contributed by atoms with E-state index >= 15 is 0 Å². The first-order valence-electron chi connectivity index (χ1n) is 7.74. The van der Waals surface area contributed by atoms with Crippen molar-refractivity contribution in [1.82, 2.24) is 10.2 Å². The van der Waals surface area contributed by atoms with E-state index in [-0.39, 0.29) is 17.6 Å². The Labute approximate surface area is 155 Å². The second kappa shape index (κ2) is 9.81. The molecule has 25 heavy (non-hydrogen) atoms. The second-order valence-corrected chi connectivity index (χ2v) is 7.60. The summed E-state index contributed by atoms with van der Waals surface area (Å²) in [5.74, 6) is -0.0535. The molecule has 0 saturated carbocycles. The minimum absolute atomic E-state index is 0.0535. The molecule has 130 valence electrons. The van der Waals surface area contributed by atoms with Gasteiger partial charge in [-0.2, -0.15) is 5.26 Å². The van der Waals surface area contributed by atoms with Crippen molar-refractivity contribution in [2.24, 2.45) is 0 Å². The average molecular weight is 374 g/mol. The topological polar surface area (TPSA) is 81.9 Å². The van der Waals surface area contributed by atoms with Crippen molar-refractivity contribution in [3.8, 4) is 6.07 Å². The number of rotatable bonds is 9. The zero-order chi connectivity index (χ0) is 18.1. The fourth-order valence-electron chi connectivity index (χ4n) is 2.05. The monoisotopic (exact) mass is 373 g/mol. The number of para-hydroxylation sites is 1. The van der Waals surface area contributed by atoms with Crippen LogP contribution in [0.4, 0.5) is 10.8 Å². The van der Waals surface area contributed by atoms with Gasteiger partial charge in [0.25, 0.3) is 0 Å². The molecule has 1 aromatic carbocycles. The molecule has 1 aromatic heterocycles. The molecule has 0 saturated heterocycles. The Hall–Kier alpha value is -2.37. The molecular weight excluding hydrogens is 354 g/mol. The first-order valence-corrected chi connectivity index (χ1v) is 9.43. The maximum atomic E-state index is 12.9. The summed E-state index contributed by atoms with van der Waals surface area (Å²) in [4.78, 5) is 14.5. The summed E-state index contributed by atoms with van der Waals surface area (Å²) in [7, 11) is 0. The molecule has 1 atom stereocenters. The van der Waals surface area contributed by atoms with Crippen molar-refractivity contribution in [1.29, 1.82) is 5.26 Å². The van der Waals surface area contributed by atoms with Gasteiger partial charge >= 0.3 is 0 Å². The summed E-state index contributed by atoms with van der Waals surface area (Å²) in [6.45, 7) is 6.47. The van der Waals surface area contributed by atoms with E-state index < -0.39 is 0 Å². The molecule has 0 aliphatic heterocycles. The maximum absolute atomic E-state index is 12.9. The Morgan fingerprint density at radius 3 is 2.92 bits per heavy atom. The molecule has 1 unspecified atom stereocenters. The quantitative estimate of drug-likeness (QED) is 0.534. The summed E-state index contributed by atoms with van der Waals surface area (Å²) in [6.07, 6.45) is 2.03.